The maximum atomic E-state index is 11.8. The number of carbonyl (C=O) groups excluding carboxylic acids is 2. The van der Waals surface area contributed by atoms with Crippen LogP contribution in [0.1, 0.15) is 45.4 Å². The predicted octanol–water partition coefficient (Wildman–Crippen LogP) is 1.81. The van der Waals surface area contributed by atoms with Crippen LogP contribution in [0.3, 0.4) is 0 Å². The number of ether oxygens (including phenoxy) is 1. The zero-order valence-electron chi connectivity index (χ0n) is 14.1. The molecule has 0 spiro atoms. The Hall–Kier alpha value is -1.65. The smallest absolute Gasteiger partial charge is 0.346 e. The molecule has 0 fully saturated rings. The van der Waals surface area contributed by atoms with Crippen molar-refractivity contribution in [2.45, 2.75) is 51.6 Å². The summed E-state index contributed by atoms with van der Waals surface area (Å²) in [4.78, 5) is 33.8. The summed E-state index contributed by atoms with van der Waals surface area (Å²) in [5.74, 6) is -0.474. The van der Waals surface area contributed by atoms with E-state index in [9.17, 15) is 14.4 Å². The van der Waals surface area contributed by atoms with Gasteiger partial charge in [0, 0.05) is 6.42 Å². The molecular formula is C16H28NO5+. The number of esters is 1. The first-order chi connectivity index (χ1) is 10.2. The van der Waals surface area contributed by atoms with Gasteiger partial charge in [0.05, 0.1) is 21.1 Å². The second-order valence-corrected chi connectivity index (χ2v) is 6.44. The average Bonchev–Trinajstić information content (AvgIpc) is 2.36. The molecule has 0 bridgehead atoms. The van der Waals surface area contributed by atoms with Gasteiger partial charge in [-0.05, 0) is 6.42 Å². The third-order valence-corrected chi connectivity index (χ3v) is 3.13. The van der Waals surface area contributed by atoms with Crippen molar-refractivity contribution in [3.63, 3.8) is 0 Å². The Bertz CT molecular complexity index is 419. The summed E-state index contributed by atoms with van der Waals surface area (Å²) in [5.41, 5.74) is -0.535. The molecule has 1 N–H and O–H groups in total. The van der Waals surface area contributed by atoms with Crippen LogP contribution in [0.15, 0.2) is 5.57 Å². The molecule has 0 saturated heterocycles. The van der Waals surface area contributed by atoms with Crippen molar-refractivity contribution in [2.75, 3.05) is 27.7 Å². The fraction of sp³-hybridized carbons (Fsp3) is 0.750. The molecule has 126 valence electrons. The topological polar surface area (TPSA) is 80.7 Å². The summed E-state index contributed by atoms with van der Waals surface area (Å²) in [6.07, 6.45) is 4.15. The standard InChI is InChI=1S/C16H27NO5/c1-5-6-7-8-9-10-15(19)22-14(11-17(2,3)4)13(12-18)16(20)21/h14H,5-11H2,1-4H3/p+1. The largest absolute Gasteiger partial charge is 0.477 e. The molecule has 0 radical (unpaired) electrons. The Balaban J connectivity index is 4.61. The predicted molar refractivity (Wildman–Crippen MR) is 83.0 cm³/mol. The van der Waals surface area contributed by atoms with Crippen molar-refractivity contribution in [1.29, 1.82) is 0 Å². The highest BCUT2D eigenvalue weighted by Gasteiger charge is 2.31. The second-order valence-electron chi connectivity index (χ2n) is 6.44. The monoisotopic (exact) mass is 314 g/mol. The third kappa shape index (κ3) is 9.32. The lowest BCUT2D eigenvalue weighted by Gasteiger charge is -2.28. The van der Waals surface area contributed by atoms with Crippen LogP contribution in [-0.4, -0.2) is 61.3 Å². The normalized spacial score (nSPS) is 12.4. The SMILES string of the molecule is CCCCCCCC(=O)OC(C[N+](C)(C)C)C(=C=O)C(=O)O. The lowest BCUT2D eigenvalue weighted by molar-refractivity contribution is -0.872. The summed E-state index contributed by atoms with van der Waals surface area (Å²) in [5, 5.41) is 9.03. The summed E-state index contributed by atoms with van der Waals surface area (Å²) in [7, 11) is 5.49. The van der Waals surface area contributed by atoms with Gasteiger partial charge in [-0.25, -0.2) is 9.59 Å². The average molecular weight is 314 g/mol. The van der Waals surface area contributed by atoms with E-state index in [1.807, 2.05) is 21.1 Å². The Kier molecular flexibility index (Phi) is 9.38. The fourth-order valence-electron chi connectivity index (χ4n) is 2.02. The fourth-order valence-corrected chi connectivity index (χ4v) is 2.02. The van der Waals surface area contributed by atoms with Gasteiger partial charge in [-0.2, -0.15) is 0 Å². The van der Waals surface area contributed by atoms with Crippen molar-refractivity contribution in [1.82, 2.24) is 0 Å². The summed E-state index contributed by atoms with van der Waals surface area (Å²) in [6.45, 7) is 2.32. The minimum Gasteiger partial charge on any atom is -0.477 e. The number of nitrogens with zero attached hydrogens (tertiary/aromatic N) is 1. The number of carboxylic acid groups (broad SMARTS) is 1. The first kappa shape index (κ1) is 20.3. The third-order valence-electron chi connectivity index (χ3n) is 3.13. The van der Waals surface area contributed by atoms with Gasteiger partial charge in [-0.1, -0.05) is 32.6 Å². The lowest BCUT2D eigenvalue weighted by atomic mass is 10.1. The number of aliphatic carboxylic acids is 1. The van der Waals surface area contributed by atoms with E-state index in [-0.39, 0.29) is 13.0 Å². The van der Waals surface area contributed by atoms with E-state index in [4.69, 9.17) is 9.84 Å². The van der Waals surface area contributed by atoms with Crippen LogP contribution in [0.2, 0.25) is 0 Å². The molecule has 0 aliphatic heterocycles. The summed E-state index contributed by atoms with van der Waals surface area (Å²) in [6, 6.07) is 0. The van der Waals surface area contributed by atoms with Gasteiger partial charge in [0.1, 0.15) is 12.5 Å². The minimum absolute atomic E-state index is 0.207. The van der Waals surface area contributed by atoms with Crippen LogP contribution in [0.5, 0.6) is 0 Å². The zero-order chi connectivity index (χ0) is 17.2. The van der Waals surface area contributed by atoms with Gasteiger partial charge in [-0.15, -0.1) is 0 Å². The maximum absolute atomic E-state index is 11.8. The first-order valence-corrected chi connectivity index (χ1v) is 7.69. The second kappa shape index (κ2) is 10.1. The van der Waals surface area contributed by atoms with Gasteiger partial charge in [0.25, 0.3) is 0 Å². The van der Waals surface area contributed by atoms with Gasteiger partial charge in [0.2, 0.25) is 0 Å². The Morgan fingerprint density at radius 3 is 2.18 bits per heavy atom. The molecule has 0 aliphatic carbocycles. The highest BCUT2D eigenvalue weighted by molar-refractivity contribution is 5.96. The number of carbonyl (C=O) groups is 2. The number of rotatable bonds is 11. The number of likely N-dealkylation sites (N-methyl/N-ethyl adjacent to an activating group) is 1. The van der Waals surface area contributed by atoms with E-state index >= 15 is 0 Å². The molecule has 0 aromatic carbocycles. The summed E-state index contributed by atoms with van der Waals surface area (Å²) >= 11 is 0. The lowest BCUT2D eigenvalue weighted by Crippen LogP contribution is -2.45. The number of quaternary nitrogens is 1. The van der Waals surface area contributed by atoms with Crippen molar-refractivity contribution in [2.24, 2.45) is 0 Å². The van der Waals surface area contributed by atoms with Gasteiger partial charge < -0.3 is 14.3 Å². The molecule has 0 aromatic rings. The number of carboxylic acids is 1. The number of unbranched alkanes of at least 4 members (excludes halogenated alkanes) is 4. The molecule has 0 saturated carbocycles. The zero-order valence-corrected chi connectivity index (χ0v) is 14.1. The van der Waals surface area contributed by atoms with E-state index in [1.54, 1.807) is 0 Å². The van der Waals surface area contributed by atoms with Crippen molar-refractivity contribution < 1.29 is 28.7 Å². The van der Waals surface area contributed by atoms with E-state index < -0.39 is 23.6 Å². The molecule has 0 aromatic heterocycles. The van der Waals surface area contributed by atoms with Crippen LogP contribution in [0.25, 0.3) is 0 Å². The van der Waals surface area contributed by atoms with E-state index in [2.05, 4.69) is 6.92 Å². The number of hydrogen-bond donors (Lipinski definition) is 1. The Morgan fingerprint density at radius 2 is 1.73 bits per heavy atom. The molecule has 0 rings (SSSR count). The van der Waals surface area contributed by atoms with Gasteiger partial charge in [0.15, 0.2) is 11.7 Å². The van der Waals surface area contributed by atoms with Crippen LogP contribution in [0, 0.1) is 0 Å². The highest BCUT2D eigenvalue weighted by Crippen LogP contribution is 2.12. The molecule has 22 heavy (non-hydrogen) atoms. The Labute approximate surface area is 132 Å². The van der Waals surface area contributed by atoms with Crippen LogP contribution < -0.4 is 0 Å². The highest BCUT2D eigenvalue weighted by atomic mass is 16.5. The molecule has 6 heteroatoms. The van der Waals surface area contributed by atoms with Crippen LogP contribution in [-0.2, 0) is 19.1 Å². The maximum Gasteiger partial charge on any atom is 0.346 e. The number of hydrogen-bond acceptors (Lipinski definition) is 4. The van der Waals surface area contributed by atoms with E-state index in [1.165, 1.54) is 5.94 Å². The summed E-state index contributed by atoms with van der Waals surface area (Å²) < 4.78 is 5.58. The van der Waals surface area contributed by atoms with E-state index in [0.717, 1.165) is 25.7 Å². The molecular weight excluding hydrogens is 286 g/mol. The van der Waals surface area contributed by atoms with Crippen molar-refractivity contribution in [3.05, 3.63) is 5.57 Å². The molecule has 0 aliphatic rings. The van der Waals surface area contributed by atoms with Crippen molar-refractivity contribution >= 4 is 17.9 Å². The first-order valence-electron chi connectivity index (χ1n) is 7.69. The van der Waals surface area contributed by atoms with E-state index in [0.29, 0.717) is 10.9 Å². The van der Waals surface area contributed by atoms with Crippen molar-refractivity contribution in [3.8, 4) is 0 Å². The van der Waals surface area contributed by atoms with Gasteiger partial charge >= 0.3 is 11.9 Å². The van der Waals surface area contributed by atoms with Crippen LogP contribution in [0.4, 0.5) is 0 Å². The molecule has 1 atom stereocenters. The molecule has 6 nitrogen and oxygen atoms in total. The molecule has 0 amide bonds. The van der Waals surface area contributed by atoms with Gasteiger partial charge in [-0.3, -0.25) is 4.79 Å². The minimum atomic E-state index is -1.40. The van der Waals surface area contributed by atoms with Crippen LogP contribution >= 0.6 is 0 Å². The quantitative estimate of drug-likeness (QED) is 0.207. The molecule has 1 unspecified atom stereocenters. The molecule has 0 heterocycles. The Morgan fingerprint density at radius 1 is 1.14 bits per heavy atom.